The van der Waals surface area contributed by atoms with Crippen molar-refractivity contribution in [2.24, 2.45) is 4.99 Å². The van der Waals surface area contributed by atoms with Crippen LogP contribution < -0.4 is 0 Å². The lowest BCUT2D eigenvalue weighted by Crippen LogP contribution is -2.29. The van der Waals surface area contributed by atoms with Crippen molar-refractivity contribution < 1.29 is 18.8 Å². The molecule has 1 aliphatic carbocycles. The van der Waals surface area contributed by atoms with Gasteiger partial charge in [-0.2, -0.15) is 0 Å². The highest BCUT2D eigenvalue weighted by atomic mass is 19.1. The van der Waals surface area contributed by atoms with Gasteiger partial charge in [-0.15, -0.1) is 11.8 Å². The van der Waals surface area contributed by atoms with Crippen LogP contribution in [0.3, 0.4) is 0 Å². The van der Waals surface area contributed by atoms with E-state index in [0.29, 0.717) is 24.0 Å². The van der Waals surface area contributed by atoms with Crippen LogP contribution in [0, 0.1) is 23.5 Å². The van der Waals surface area contributed by atoms with Gasteiger partial charge in [0.15, 0.2) is 5.58 Å². The average molecular weight is 556 g/mol. The number of benzene rings is 3. The topological polar surface area (TPSA) is 73.1 Å². The summed E-state index contributed by atoms with van der Waals surface area (Å²) in [5.74, 6) is 6.88. The van der Waals surface area contributed by atoms with E-state index in [0.717, 1.165) is 59.0 Å². The second-order valence-electron chi connectivity index (χ2n) is 9.90. The van der Waals surface area contributed by atoms with Crippen LogP contribution in [0.25, 0.3) is 16.7 Å². The molecule has 0 aliphatic heterocycles. The molecule has 0 fully saturated rings. The third kappa shape index (κ3) is 8.47. The third-order valence-electron chi connectivity index (χ3n) is 6.54. The first-order valence-electron chi connectivity index (χ1n) is 13.3. The fourth-order valence-corrected chi connectivity index (χ4v) is 4.57. The lowest BCUT2D eigenvalue weighted by Gasteiger charge is -2.22. The molecule has 0 saturated carbocycles. The monoisotopic (exact) mass is 555 g/mol. The van der Waals surface area contributed by atoms with Crippen LogP contribution in [0.2, 0.25) is 0 Å². The fourth-order valence-electron chi connectivity index (χ4n) is 4.57. The molecule has 1 aliphatic rings. The minimum Gasteiger partial charge on any atom is -0.412 e. The zero-order valence-electron chi connectivity index (χ0n) is 23.5. The van der Waals surface area contributed by atoms with Gasteiger partial charge in [-0.25, -0.2) is 13.8 Å². The van der Waals surface area contributed by atoms with Gasteiger partial charge in [-0.05, 0) is 86.0 Å². The van der Waals surface area contributed by atoms with Gasteiger partial charge in [0.1, 0.15) is 17.5 Å². The SMILES string of the molecule is C1#CCCC(c2noc3ccccc23)CC1.C=C(C)CN(C)C(=NC(=C)c1ccc(F)cc1)c1ccc(F)cc1.O. The van der Waals surface area contributed by atoms with Crippen LogP contribution in [-0.4, -0.2) is 35.0 Å². The van der Waals surface area contributed by atoms with Crippen LogP contribution in [-0.2, 0) is 0 Å². The molecule has 1 aromatic heterocycles. The Bertz CT molecular complexity index is 1550. The van der Waals surface area contributed by atoms with E-state index in [1.54, 1.807) is 24.3 Å². The standard InChI is InChI=1S/C20H20F2N2.C14H13NO.H2O/c1-14(2)13-24(4)20(17-7-11-19(22)12-8-17)23-15(3)16-5-9-18(21)10-6-16;1-2-4-8-11(7-3-1)14-12-9-5-6-10-13(12)16-15-14;/h5-12H,1,3,13H2,2,4H3;5-6,9-11H,3-4,7-8H2;1H2. The minimum absolute atomic E-state index is 0. The summed E-state index contributed by atoms with van der Waals surface area (Å²) in [6, 6.07) is 20.2. The summed E-state index contributed by atoms with van der Waals surface area (Å²) in [6.07, 6.45) is 4.16. The highest BCUT2D eigenvalue weighted by molar-refractivity contribution is 6.01. The number of hydrogen-bond donors (Lipinski definition) is 0. The van der Waals surface area contributed by atoms with E-state index in [2.05, 4.69) is 41.2 Å². The molecule has 1 heterocycles. The molecule has 0 radical (unpaired) electrons. The van der Waals surface area contributed by atoms with Gasteiger partial charge in [0, 0.05) is 43.3 Å². The van der Waals surface area contributed by atoms with E-state index in [-0.39, 0.29) is 17.1 Å². The summed E-state index contributed by atoms with van der Waals surface area (Å²) in [5.41, 5.74) is 4.97. The molecule has 0 amide bonds. The van der Waals surface area contributed by atoms with Crippen LogP contribution >= 0.6 is 0 Å². The Morgan fingerprint density at radius 1 is 0.927 bits per heavy atom. The molecule has 0 saturated heterocycles. The smallest absolute Gasteiger partial charge is 0.167 e. The van der Waals surface area contributed by atoms with Gasteiger partial charge < -0.3 is 14.9 Å². The van der Waals surface area contributed by atoms with Gasteiger partial charge in [-0.1, -0.05) is 36.0 Å². The zero-order valence-corrected chi connectivity index (χ0v) is 23.5. The number of aromatic nitrogens is 1. The van der Waals surface area contributed by atoms with E-state index in [4.69, 9.17) is 4.52 Å². The van der Waals surface area contributed by atoms with Gasteiger partial charge in [0.25, 0.3) is 0 Å². The molecule has 0 unspecified atom stereocenters. The van der Waals surface area contributed by atoms with Crippen LogP contribution in [0.5, 0.6) is 0 Å². The number of para-hydroxylation sites is 1. The van der Waals surface area contributed by atoms with Crippen molar-refractivity contribution in [2.45, 2.75) is 38.5 Å². The average Bonchev–Trinajstić information content (AvgIpc) is 3.18. The van der Waals surface area contributed by atoms with Gasteiger partial charge in [0.05, 0.1) is 11.4 Å². The van der Waals surface area contributed by atoms with Crippen molar-refractivity contribution in [2.75, 3.05) is 13.6 Å². The Labute approximate surface area is 240 Å². The summed E-state index contributed by atoms with van der Waals surface area (Å²) in [5, 5.41) is 5.39. The van der Waals surface area contributed by atoms with Crippen molar-refractivity contribution in [3.63, 3.8) is 0 Å². The quantitative estimate of drug-likeness (QED) is 0.107. The van der Waals surface area contributed by atoms with Gasteiger partial charge >= 0.3 is 0 Å². The summed E-state index contributed by atoms with van der Waals surface area (Å²) in [7, 11) is 1.88. The number of fused-ring (bicyclic) bond motifs is 1. The summed E-state index contributed by atoms with van der Waals surface area (Å²) < 4.78 is 31.6. The van der Waals surface area contributed by atoms with E-state index in [1.807, 2.05) is 37.1 Å². The Hall–Kier alpha value is -4.54. The van der Waals surface area contributed by atoms with Gasteiger partial charge in [-0.3, -0.25) is 0 Å². The molecule has 5 rings (SSSR count). The summed E-state index contributed by atoms with van der Waals surface area (Å²) in [4.78, 5) is 6.51. The van der Waals surface area contributed by atoms with E-state index >= 15 is 0 Å². The predicted molar refractivity (Wildman–Crippen MR) is 162 cm³/mol. The second kappa shape index (κ2) is 14.7. The summed E-state index contributed by atoms with van der Waals surface area (Å²) >= 11 is 0. The molecular formula is C34H35F2N3O2. The molecule has 4 aromatic rings. The van der Waals surface area contributed by atoms with E-state index in [9.17, 15) is 8.78 Å². The van der Waals surface area contributed by atoms with Crippen LogP contribution in [0.4, 0.5) is 8.78 Å². The molecule has 0 bridgehead atoms. The number of likely N-dealkylation sites (N-methyl/N-ethyl adjacent to an activating group) is 1. The highest BCUT2D eigenvalue weighted by Crippen LogP contribution is 2.32. The predicted octanol–water partition coefficient (Wildman–Crippen LogP) is 7.55. The van der Waals surface area contributed by atoms with Crippen molar-refractivity contribution in [3.05, 3.63) is 120 Å². The first-order chi connectivity index (χ1) is 19.3. The molecule has 3 aromatic carbocycles. The molecule has 5 nitrogen and oxygen atoms in total. The van der Waals surface area contributed by atoms with Crippen molar-refractivity contribution in [3.8, 4) is 11.8 Å². The largest absolute Gasteiger partial charge is 0.412 e. The summed E-state index contributed by atoms with van der Waals surface area (Å²) in [6.45, 7) is 10.4. The maximum Gasteiger partial charge on any atom is 0.167 e. The Morgan fingerprint density at radius 3 is 2.07 bits per heavy atom. The van der Waals surface area contributed by atoms with E-state index in [1.165, 1.54) is 24.3 Å². The van der Waals surface area contributed by atoms with Crippen LogP contribution in [0.1, 0.15) is 55.3 Å². The lowest BCUT2D eigenvalue weighted by atomic mass is 9.94. The number of halogens is 2. The number of amidine groups is 1. The Kier molecular flexibility index (Phi) is 11.1. The first kappa shape index (κ1) is 31.0. The highest BCUT2D eigenvalue weighted by Gasteiger charge is 2.19. The molecule has 0 atom stereocenters. The van der Waals surface area contributed by atoms with Crippen molar-refractivity contribution >= 4 is 22.5 Å². The second-order valence-corrected chi connectivity index (χ2v) is 9.90. The normalized spacial score (nSPS) is 13.1. The molecule has 212 valence electrons. The molecule has 0 spiro atoms. The number of hydrogen-bond acceptors (Lipinski definition) is 3. The van der Waals surface area contributed by atoms with Crippen molar-refractivity contribution in [1.29, 1.82) is 0 Å². The van der Waals surface area contributed by atoms with E-state index < -0.39 is 0 Å². The third-order valence-corrected chi connectivity index (χ3v) is 6.54. The fraction of sp³-hybridized carbons (Fsp3) is 0.235. The minimum atomic E-state index is -0.311. The van der Waals surface area contributed by atoms with Crippen molar-refractivity contribution in [1.82, 2.24) is 10.1 Å². The Morgan fingerprint density at radius 2 is 1.49 bits per heavy atom. The molecule has 41 heavy (non-hydrogen) atoms. The first-order valence-corrected chi connectivity index (χ1v) is 13.3. The van der Waals surface area contributed by atoms with Crippen LogP contribution in [0.15, 0.2) is 101 Å². The number of nitrogens with zero attached hydrogens (tertiary/aromatic N) is 3. The molecular weight excluding hydrogens is 520 g/mol. The number of rotatable bonds is 6. The molecule has 7 heteroatoms. The van der Waals surface area contributed by atoms with Gasteiger partial charge in [0.2, 0.25) is 0 Å². The Balaban J connectivity index is 0.000000235. The zero-order chi connectivity index (χ0) is 28.5. The maximum absolute atomic E-state index is 13.2. The lowest BCUT2D eigenvalue weighted by molar-refractivity contribution is 0.430. The maximum atomic E-state index is 13.2. The molecule has 2 N–H and O–H groups in total. The number of aliphatic imine (C=N–C) groups is 1.